The molecule has 1 aliphatic heterocycles. The summed E-state index contributed by atoms with van der Waals surface area (Å²) in [6, 6.07) is 6.40. The first-order valence-electron chi connectivity index (χ1n) is 5.69. The molecule has 1 aromatic carbocycles. The molecule has 3 rings (SSSR count). The number of aliphatic imine (C=N–C) groups is 1. The maximum Gasteiger partial charge on any atom is 0.137 e. The highest BCUT2D eigenvalue weighted by molar-refractivity contribution is 5.87. The summed E-state index contributed by atoms with van der Waals surface area (Å²) in [6.07, 6.45) is 7.15. The summed E-state index contributed by atoms with van der Waals surface area (Å²) in [4.78, 5) is 15.5. The summed E-state index contributed by atoms with van der Waals surface area (Å²) in [5.41, 5.74) is 4.97. The molecule has 0 fully saturated rings. The van der Waals surface area contributed by atoms with Crippen LogP contribution in [-0.2, 0) is 11.2 Å². The fourth-order valence-electron chi connectivity index (χ4n) is 2.29. The first-order chi connectivity index (χ1) is 7.83. The van der Waals surface area contributed by atoms with Crippen LogP contribution in [0.5, 0.6) is 0 Å². The number of allylic oxidation sites excluding steroid dienone is 2. The van der Waals surface area contributed by atoms with Gasteiger partial charge in [0.15, 0.2) is 0 Å². The van der Waals surface area contributed by atoms with Gasteiger partial charge in [-0.2, -0.15) is 0 Å². The van der Waals surface area contributed by atoms with Gasteiger partial charge in [0.1, 0.15) is 5.78 Å². The zero-order chi connectivity index (χ0) is 11.0. The fourth-order valence-corrected chi connectivity index (χ4v) is 2.29. The Bertz CT molecular complexity index is 511. The molecule has 0 saturated carbocycles. The van der Waals surface area contributed by atoms with E-state index >= 15 is 0 Å². The van der Waals surface area contributed by atoms with Crippen LogP contribution in [0.1, 0.15) is 30.4 Å². The Labute approximate surface area is 94.7 Å². The van der Waals surface area contributed by atoms with E-state index < -0.39 is 0 Å². The van der Waals surface area contributed by atoms with Crippen LogP contribution in [0.3, 0.4) is 0 Å². The van der Waals surface area contributed by atoms with Gasteiger partial charge in [0.05, 0.1) is 5.69 Å². The van der Waals surface area contributed by atoms with Crippen molar-refractivity contribution in [2.24, 2.45) is 4.99 Å². The van der Waals surface area contributed by atoms with Gasteiger partial charge in [-0.3, -0.25) is 9.79 Å². The summed E-state index contributed by atoms with van der Waals surface area (Å²) in [6.45, 7) is 0. The molecule has 0 spiro atoms. The molecular weight excluding hydrogens is 198 g/mol. The monoisotopic (exact) mass is 211 g/mol. The van der Waals surface area contributed by atoms with Gasteiger partial charge >= 0.3 is 0 Å². The molecule has 1 aromatic rings. The molecule has 2 aliphatic rings. The van der Waals surface area contributed by atoms with Crippen LogP contribution in [-0.4, -0.2) is 12.0 Å². The minimum atomic E-state index is 0.355. The maximum absolute atomic E-state index is 11.2. The van der Waals surface area contributed by atoms with Gasteiger partial charge in [-0.15, -0.1) is 0 Å². The predicted molar refractivity (Wildman–Crippen MR) is 65.1 cm³/mol. The molecule has 80 valence electrons. The molecule has 0 saturated heterocycles. The van der Waals surface area contributed by atoms with Crippen LogP contribution in [0.2, 0.25) is 0 Å². The topological polar surface area (TPSA) is 29.4 Å². The SMILES string of the molecule is O=C1CC=C(c2ccc3c(c2)CC=N3)CC1. The number of hydrogen-bond acceptors (Lipinski definition) is 2. The quantitative estimate of drug-likeness (QED) is 0.701. The Hall–Kier alpha value is -1.70. The average molecular weight is 211 g/mol. The molecule has 0 amide bonds. The highest BCUT2D eigenvalue weighted by Gasteiger charge is 2.13. The number of benzene rings is 1. The van der Waals surface area contributed by atoms with E-state index in [1.165, 1.54) is 16.7 Å². The molecule has 0 atom stereocenters. The lowest BCUT2D eigenvalue weighted by molar-refractivity contribution is -0.118. The van der Waals surface area contributed by atoms with E-state index in [9.17, 15) is 4.79 Å². The number of hydrogen-bond donors (Lipinski definition) is 0. The first-order valence-corrected chi connectivity index (χ1v) is 5.69. The van der Waals surface area contributed by atoms with Crippen molar-refractivity contribution < 1.29 is 4.79 Å². The Balaban J connectivity index is 1.94. The Morgan fingerprint density at radius 2 is 2.06 bits per heavy atom. The minimum absolute atomic E-state index is 0.355. The van der Waals surface area contributed by atoms with Crippen molar-refractivity contribution in [1.29, 1.82) is 0 Å². The van der Waals surface area contributed by atoms with Crippen LogP contribution in [0.25, 0.3) is 5.57 Å². The molecule has 1 heterocycles. The van der Waals surface area contributed by atoms with E-state index in [0.29, 0.717) is 18.6 Å². The first kappa shape index (κ1) is 9.52. The lowest BCUT2D eigenvalue weighted by Gasteiger charge is -2.13. The number of ketones is 1. The van der Waals surface area contributed by atoms with Gasteiger partial charge in [0.2, 0.25) is 0 Å². The van der Waals surface area contributed by atoms with E-state index in [0.717, 1.165) is 18.5 Å². The van der Waals surface area contributed by atoms with E-state index in [-0.39, 0.29) is 0 Å². The molecule has 2 nitrogen and oxygen atoms in total. The van der Waals surface area contributed by atoms with Gasteiger partial charge < -0.3 is 0 Å². The highest BCUT2D eigenvalue weighted by atomic mass is 16.1. The normalized spacial score (nSPS) is 18.5. The van der Waals surface area contributed by atoms with Crippen LogP contribution >= 0.6 is 0 Å². The molecule has 0 radical (unpaired) electrons. The number of carbonyl (C=O) groups is 1. The van der Waals surface area contributed by atoms with Crippen molar-refractivity contribution >= 4 is 23.3 Å². The fraction of sp³-hybridized carbons (Fsp3) is 0.286. The zero-order valence-electron chi connectivity index (χ0n) is 9.07. The molecular formula is C14H13NO. The van der Waals surface area contributed by atoms with Gasteiger partial charge in [-0.05, 0) is 35.3 Å². The number of Topliss-reactive ketones (excluding diaryl/α,β-unsaturated/α-hetero) is 1. The van der Waals surface area contributed by atoms with Crippen LogP contribution in [0.4, 0.5) is 5.69 Å². The van der Waals surface area contributed by atoms with E-state index in [4.69, 9.17) is 0 Å². The Morgan fingerprint density at radius 3 is 2.88 bits per heavy atom. The summed E-state index contributed by atoms with van der Waals surface area (Å²) >= 11 is 0. The zero-order valence-corrected chi connectivity index (χ0v) is 9.07. The summed E-state index contributed by atoms with van der Waals surface area (Å²) in [5, 5.41) is 0. The predicted octanol–water partition coefficient (Wildman–Crippen LogP) is 3.08. The number of rotatable bonds is 1. The van der Waals surface area contributed by atoms with Crippen molar-refractivity contribution in [2.75, 3.05) is 0 Å². The maximum atomic E-state index is 11.2. The smallest absolute Gasteiger partial charge is 0.137 e. The van der Waals surface area contributed by atoms with Gasteiger partial charge in [0, 0.05) is 25.5 Å². The highest BCUT2D eigenvalue weighted by Crippen LogP contribution is 2.31. The third kappa shape index (κ3) is 1.60. The van der Waals surface area contributed by atoms with E-state index in [1.807, 2.05) is 6.21 Å². The molecule has 1 aliphatic carbocycles. The summed E-state index contributed by atoms with van der Waals surface area (Å²) < 4.78 is 0. The van der Waals surface area contributed by atoms with Gasteiger partial charge in [0.25, 0.3) is 0 Å². The van der Waals surface area contributed by atoms with Gasteiger partial charge in [-0.1, -0.05) is 12.1 Å². The van der Waals surface area contributed by atoms with Gasteiger partial charge in [-0.25, -0.2) is 0 Å². The van der Waals surface area contributed by atoms with Crippen molar-refractivity contribution in [2.45, 2.75) is 25.7 Å². The van der Waals surface area contributed by atoms with Crippen LogP contribution < -0.4 is 0 Å². The third-order valence-corrected chi connectivity index (χ3v) is 3.24. The second-order valence-electron chi connectivity index (χ2n) is 4.33. The van der Waals surface area contributed by atoms with Crippen molar-refractivity contribution in [3.05, 3.63) is 35.4 Å². The van der Waals surface area contributed by atoms with Crippen LogP contribution in [0.15, 0.2) is 29.3 Å². The second-order valence-corrected chi connectivity index (χ2v) is 4.33. The van der Waals surface area contributed by atoms with Crippen molar-refractivity contribution in [3.8, 4) is 0 Å². The largest absolute Gasteiger partial charge is 0.299 e. The van der Waals surface area contributed by atoms with E-state index in [1.54, 1.807) is 0 Å². The van der Waals surface area contributed by atoms with E-state index in [2.05, 4.69) is 29.3 Å². The molecule has 16 heavy (non-hydrogen) atoms. The molecule has 0 bridgehead atoms. The second kappa shape index (κ2) is 3.71. The molecule has 0 aromatic heterocycles. The number of nitrogens with zero attached hydrogens (tertiary/aromatic N) is 1. The van der Waals surface area contributed by atoms with Crippen LogP contribution in [0, 0.1) is 0 Å². The van der Waals surface area contributed by atoms with Crippen molar-refractivity contribution in [3.63, 3.8) is 0 Å². The molecule has 0 unspecified atom stereocenters. The summed E-state index contributed by atoms with van der Waals surface area (Å²) in [7, 11) is 0. The van der Waals surface area contributed by atoms with Crippen molar-refractivity contribution in [1.82, 2.24) is 0 Å². The number of fused-ring (bicyclic) bond motifs is 1. The lowest BCUT2D eigenvalue weighted by Crippen LogP contribution is -2.03. The number of carbonyl (C=O) groups excluding carboxylic acids is 1. The molecule has 2 heteroatoms. The lowest BCUT2D eigenvalue weighted by atomic mass is 9.92. The standard InChI is InChI=1S/C14H13NO/c16-13-4-1-10(2-5-13)11-3-6-14-12(9-11)7-8-15-14/h1,3,6,8-9H,2,4-5,7H2. The molecule has 0 N–H and O–H groups in total. The Kier molecular flexibility index (Phi) is 2.21. The third-order valence-electron chi connectivity index (χ3n) is 3.24. The minimum Gasteiger partial charge on any atom is -0.299 e. The Morgan fingerprint density at radius 1 is 1.12 bits per heavy atom. The summed E-state index contributed by atoms with van der Waals surface area (Å²) in [5.74, 6) is 0.355. The average Bonchev–Trinajstić information content (AvgIpc) is 2.77.